The summed E-state index contributed by atoms with van der Waals surface area (Å²) in [5, 5.41) is 14.3. The third-order valence-electron chi connectivity index (χ3n) is 4.18. The van der Waals surface area contributed by atoms with E-state index in [2.05, 4.69) is 10.2 Å². The van der Waals surface area contributed by atoms with Crippen LogP contribution >= 0.6 is 0 Å². The summed E-state index contributed by atoms with van der Waals surface area (Å²) in [5.74, 6) is 0. The Morgan fingerprint density at radius 3 is 2.95 bits per heavy atom. The van der Waals surface area contributed by atoms with Crippen molar-refractivity contribution < 1.29 is 4.92 Å². The standard InChI is InChI=1S/C15H23N3O2/c1-12-13(6-5-8-15(12)18(19)20)11-17-9-4-3-7-14(17)10-16-2/h5-6,8,14,16H,3-4,7,9-11H2,1-2H3. The van der Waals surface area contributed by atoms with E-state index in [9.17, 15) is 10.1 Å². The molecule has 1 aliphatic rings. The van der Waals surface area contributed by atoms with Crippen LogP contribution in [0.3, 0.4) is 0 Å². The van der Waals surface area contributed by atoms with Gasteiger partial charge in [-0.3, -0.25) is 15.0 Å². The smallest absolute Gasteiger partial charge is 0.272 e. The van der Waals surface area contributed by atoms with Crippen LogP contribution in [0.15, 0.2) is 18.2 Å². The van der Waals surface area contributed by atoms with Crippen LogP contribution in [0, 0.1) is 17.0 Å². The van der Waals surface area contributed by atoms with Gasteiger partial charge in [-0.25, -0.2) is 0 Å². The fraction of sp³-hybridized carbons (Fsp3) is 0.600. The number of nitrogens with zero attached hydrogens (tertiary/aromatic N) is 2. The summed E-state index contributed by atoms with van der Waals surface area (Å²) in [6.45, 7) is 4.72. The first-order valence-electron chi connectivity index (χ1n) is 7.25. The summed E-state index contributed by atoms with van der Waals surface area (Å²) in [6, 6.07) is 5.91. The summed E-state index contributed by atoms with van der Waals surface area (Å²) < 4.78 is 0. The maximum atomic E-state index is 11.0. The van der Waals surface area contributed by atoms with E-state index in [0.717, 1.165) is 30.8 Å². The third-order valence-corrected chi connectivity index (χ3v) is 4.18. The molecule has 2 rings (SSSR count). The van der Waals surface area contributed by atoms with Gasteiger partial charge in [-0.1, -0.05) is 18.6 Å². The summed E-state index contributed by atoms with van der Waals surface area (Å²) in [7, 11) is 1.98. The van der Waals surface area contributed by atoms with Crippen molar-refractivity contribution in [1.82, 2.24) is 10.2 Å². The minimum absolute atomic E-state index is 0.227. The lowest BCUT2D eigenvalue weighted by Crippen LogP contribution is -2.44. The van der Waals surface area contributed by atoms with Crippen LogP contribution < -0.4 is 5.32 Å². The van der Waals surface area contributed by atoms with Crippen molar-refractivity contribution in [2.24, 2.45) is 0 Å². The Hall–Kier alpha value is -1.46. The van der Waals surface area contributed by atoms with Crippen LogP contribution in [0.1, 0.15) is 30.4 Å². The first kappa shape index (κ1) is 14.9. The van der Waals surface area contributed by atoms with E-state index in [1.54, 1.807) is 12.1 Å². The molecule has 1 heterocycles. The maximum absolute atomic E-state index is 11.0. The van der Waals surface area contributed by atoms with E-state index in [0.29, 0.717) is 6.04 Å². The van der Waals surface area contributed by atoms with Gasteiger partial charge in [0.05, 0.1) is 4.92 Å². The highest BCUT2D eigenvalue weighted by Crippen LogP contribution is 2.25. The van der Waals surface area contributed by atoms with Gasteiger partial charge in [0.25, 0.3) is 5.69 Å². The molecule has 0 bridgehead atoms. The highest BCUT2D eigenvalue weighted by atomic mass is 16.6. The largest absolute Gasteiger partial charge is 0.318 e. The molecule has 0 saturated carbocycles. The van der Waals surface area contributed by atoms with Crippen molar-refractivity contribution in [3.63, 3.8) is 0 Å². The molecular weight excluding hydrogens is 254 g/mol. The molecule has 110 valence electrons. The first-order valence-corrected chi connectivity index (χ1v) is 7.25. The minimum atomic E-state index is -0.292. The Bertz CT molecular complexity index is 474. The number of piperidine rings is 1. The zero-order chi connectivity index (χ0) is 14.5. The normalized spacial score (nSPS) is 20.0. The van der Waals surface area contributed by atoms with Gasteiger partial charge in [0.2, 0.25) is 0 Å². The molecule has 5 heteroatoms. The highest BCUT2D eigenvalue weighted by Gasteiger charge is 2.23. The maximum Gasteiger partial charge on any atom is 0.272 e. The van der Waals surface area contributed by atoms with Crippen molar-refractivity contribution in [1.29, 1.82) is 0 Å². The predicted octanol–water partition coefficient (Wildman–Crippen LogP) is 2.48. The quantitative estimate of drug-likeness (QED) is 0.663. The van der Waals surface area contributed by atoms with Crippen LogP contribution in [-0.2, 0) is 6.54 Å². The number of hydrogen-bond donors (Lipinski definition) is 1. The van der Waals surface area contributed by atoms with Gasteiger partial charge in [-0.2, -0.15) is 0 Å². The van der Waals surface area contributed by atoms with Crippen molar-refractivity contribution in [3.05, 3.63) is 39.4 Å². The van der Waals surface area contributed by atoms with E-state index in [1.807, 2.05) is 20.0 Å². The number of nitro groups is 1. The second-order valence-electron chi connectivity index (χ2n) is 5.50. The van der Waals surface area contributed by atoms with E-state index >= 15 is 0 Å². The van der Waals surface area contributed by atoms with Gasteiger partial charge in [0.15, 0.2) is 0 Å². The van der Waals surface area contributed by atoms with Gasteiger partial charge < -0.3 is 5.32 Å². The van der Waals surface area contributed by atoms with Crippen molar-refractivity contribution in [2.75, 3.05) is 20.1 Å². The molecule has 0 radical (unpaired) electrons. The summed E-state index contributed by atoms with van der Waals surface area (Å²) in [6.07, 6.45) is 3.69. The Morgan fingerprint density at radius 1 is 1.45 bits per heavy atom. The Balaban J connectivity index is 2.16. The number of rotatable bonds is 5. The molecule has 0 aromatic heterocycles. The van der Waals surface area contributed by atoms with Crippen LogP contribution in [0.4, 0.5) is 5.69 Å². The number of likely N-dealkylation sites (tertiary alicyclic amines) is 1. The average Bonchev–Trinajstić information content (AvgIpc) is 2.43. The Labute approximate surface area is 120 Å². The molecule has 1 unspecified atom stereocenters. The van der Waals surface area contributed by atoms with Crippen molar-refractivity contribution in [3.8, 4) is 0 Å². The Kier molecular flexibility index (Phi) is 5.09. The first-order chi connectivity index (χ1) is 9.63. The molecule has 0 amide bonds. The average molecular weight is 277 g/mol. The van der Waals surface area contributed by atoms with Crippen molar-refractivity contribution >= 4 is 5.69 Å². The number of nitro benzene ring substituents is 1. The van der Waals surface area contributed by atoms with Gasteiger partial charge in [0.1, 0.15) is 0 Å². The van der Waals surface area contributed by atoms with Gasteiger partial charge in [0, 0.05) is 30.8 Å². The highest BCUT2D eigenvalue weighted by molar-refractivity contribution is 5.44. The van der Waals surface area contributed by atoms with Gasteiger partial charge in [-0.15, -0.1) is 0 Å². The number of benzene rings is 1. The zero-order valence-corrected chi connectivity index (χ0v) is 12.3. The molecule has 0 aliphatic carbocycles. The molecular formula is C15H23N3O2. The lowest BCUT2D eigenvalue weighted by molar-refractivity contribution is -0.385. The van der Waals surface area contributed by atoms with E-state index in [4.69, 9.17) is 0 Å². The Morgan fingerprint density at radius 2 is 2.25 bits per heavy atom. The van der Waals surface area contributed by atoms with Gasteiger partial charge in [-0.05, 0) is 38.9 Å². The monoisotopic (exact) mass is 277 g/mol. The number of nitrogens with one attached hydrogen (secondary N) is 1. The molecule has 20 heavy (non-hydrogen) atoms. The lowest BCUT2D eigenvalue weighted by Gasteiger charge is -2.36. The third kappa shape index (κ3) is 3.35. The fourth-order valence-electron chi connectivity index (χ4n) is 2.99. The second-order valence-corrected chi connectivity index (χ2v) is 5.50. The van der Waals surface area contributed by atoms with Crippen LogP contribution in [-0.4, -0.2) is 36.0 Å². The zero-order valence-electron chi connectivity index (χ0n) is 12.3. The topological polar surface area (TPSA) is 58.4 Å². The van der Waals surface area contributed by atoms with Crippen LogP contribution in [0.25, 0.3) is 0 Å². The number of hydrogen-bond acceptors (Lipinski definition) is 4. The summed E-state index contributed by atoms with van der Waals surface area (Å²) in [5.41, 5.74) is 2.10. The molecule has 1 saturated heterocycles. The minimum Gasteiger partial charge on any atom is -0.318 e. The molecule has 1 N–H and O–H groups in total. The molecule has 0 spiro atoms. The second kappa shape index (κ2) is 6.81. The molecule has 1 aromatic rings. The molecule has 1 fully saturated rings. The van der Waals surface area contributed by atoms with Crippen LogP contribution in [0.2, 0.25) is 0 Å². The summed E-state index contributed by atoms with van der Waals surface area (Å²) >= 11 is 0. The van der Waals surface area contributed by atoms with E-state index < -0.39 is 0 Å². The number of likely N-dealkylation sites (N-methyl/N-ethyl adjacent to an activating group) is 1. The van der Waals surface area contributed by atoms with Crippen LogP contribution in [0.5, 0.6) is 0 Å². The molecule has 1 atom stereocenters. The summed E-state index contributed by atoms with van der Waals surface area (Å²) in [4.78, 5) is 13.2. The molecule has 1 aromatic carbocycles. The molecule has 5 nitrogen and oxygen atoms in total. The van der Waals surface area contributed by atoms with E-state index in [1.165, 1.54) is 19.3 Å². The molecule has 1 aliphatic heterocycles. The van der Waals surface area contributed by atoms with Gasteiger partial charge >= 0.3 is 0 Å². The lowest BCUT2D eigenvalue weighted by atomic mass is 9.99. The van der Waals surface area contributed by atoms with E-state index in [-0.39, 0.29) is 10.6 Å². The fourth-order valence-corrected chi connectivity index (χ4v) is 2.99. The SMILES string of the molecule is CNCC1CCCCN1Cc1cccc([N+](=O)[O-])c1C. The predicted molar refractivity (Wildman–Crippen MR) is 79.8 cm³/mol. The van der Waals surface area contributed by atoms with Crippen molar-refractivity contribution in [2.45, 2.75) is 38.8 Å².